The van der Waals surface area contributed by atoms with Crippen LogP contribution in [0.4, 0.5) is 10.1 Å². The minimum Gasteiger partial charge on any atom is -0.481 e. The number of nitrogens with two attached hydrogens (primary N) is 1. The lowest BCUT2D eigenvalue weighted by atomic mass is 10.1. The fraction of sp³-hybridized carbons (Fsp3) is 0.222. The number of carbonyl (C=O) groups is 1. The molecule has 0 spiro atoms. The molecule has 1 unspecified atom stereocenters. The van der Waals surface area contributed by atoms with E-state index in [2.05, 4.69) is 0 Å². The van der Waals surface area contributed by atoms with Gasteiger partial charge in [-0.25, -0.2) is 4.39 Å². The Balaban J connectivity index is 2.76. The molecule has 3 N–H and O–H groups in total. The summed E-state index contributed by atoms with van der Waals surface area (Å²) in [4.78, 5) is 10.2. The molecule has 0 radical (unpaired) electrons. The maximum atomic E-state index is 13.1. The molecule has 0 aliphatic carbocycles. The highest BCUT2D eigenvalue weighted by Gasteiger charge is 2.13. The maximum absolute atomic E-state index is 13.1. The molecule has 0 heterocycles. The van der Waals surface area contributed by atoms with Crippen molar-refractivity contribution in [1.82, 2.24) is 0 Å². The first-order valence-electron chi connectivity index (χ1n) is 3.81. The quantitative estimate of drug-likeness (QED) is 0.702. The summed E-state index contributed by atoms with van der Waals surface area (Å²) in [7, 11) is 0. The van der Waals surface area contributed by atoms with E-state index >= 15 is 0 Å². The second-order valence-corrected chi connectivity index (χ2v) is 2.74. The second kappa shape index (κ2) is 3.89. The van der Waals surface area contributed by atoms with Crippen molar-refractivity contribution >= 4 is 11.7 Å². The van der Waals surface area contributed by atoms with E-state index in [4.69, 9.17) is 10.8 Å². The number of alkyl halides is 1. The number of halogens is 1. The summed E-state index contributed by atoms with van der Waals surface area (Å²) >= 11 is 0. The molecule has 0 saturated carbocycles. The first-order valence-corrected chi connectivity index (χ1v) is 3.81. The van der Waals surface area contributed by atoms with Gasteiger partial charge in [0.2, 0.25) is 0 Å². The fourth-order valence-corrected chi connectivity index (χ4v) is 1.03. The van der Waals surface area contributed by atoms with Gasteiger partial charge >= 0.3 is 5.97 Å². The second-order valence-electron chi connectivity index (χ2n) is 2.74. The van der Waals surface area contributed by atoms with E-state index < -0.39 is 18.6 Å². The summed E-state index contributed by atoms with van der Waals surface area (Å²) in [6.07, 6.45) is -2.01. The summed E-state index contributed by atoms with van der Waals surface area (Å²) in [5, 5.41) is 8.34. The number of hydrogen-bond acceptors (Lipinski definition) is 2. The van der Waals surface area contributed by atoms with Gasteiger partial charge < -0.3 is 10.8 Å². The van der Waals surface area contributed by atoms with E-state index in [9.17, 15) is 9.18 Å². The van der Waals surface area contributed by atoms with E-state index in [1.54, 1.807) is 12.1 Å². The first-order chi connectivity index (χ1) is 6.09. The van der Waals surface area contributed by atoms with Crippen molar-refractivity contribution in [1.29, 1.82) is 0 Å². The van der Waals surface area contributed by atoms with Crippen LogP contribution in [0.15, 0.2) is 24.3 Å². The monoisotopic (exact) mass is 183 g/mol. The molecule has 0 fully saturated rings. The Morgan fingerprint density at radius 1 is 1.62 bits per heavy atom. The third kappa shape index (κ3) is 2.74. The summed E-state index contributed by atoms with van der Waals surface area (Å²) in [6.45, 7) is 0. The highest BCUT2D eigenvalue weighted by molar-refractivity contribution is 5.67. The lowest BCUT2D eigenvalue weighted by Crippen LogP contribution is -2.02. The molecule has 1 aromatic rings. The summed E-state index contributed by atoms with van der Waals surface area (Å²) in [5.41, 5.74) is 6.16. The Kier molecular flexibility index (Phi) is 2.84. The zero-order chi connectivity index (χ0) is 9.84. The van der Waals surface area contributed by atoms with Crippen molar-refractivity contribution in [2.45, 2.75) is 12.6 Å². The average Bonchev–Trinajstić information content (AvgIpc) is 2.03. The molecule has 1 aromatic carbocycles. The smallest absolute Gasteiger partial charge is 0.306 e. The van der Waals surface area contributed by atoms with Crippen molar-refractivity contribution in [3.8, 4) is 0 Å². The molecule has 1 atom stereocenters. The molecule has 1 rings (SSSR count). The van der Waals surface area contributed by atoms with Crippen molar-refractivity contribution in [2.75, 3.05) is 5.73 Å². The van der Waals surface area contributed by atoms with Gasteiger partial charge in [0.15, 0.2) is 0 Å². The Morgan fingerprint density at radius 3 is 2.85 bits per heavy atom. The molecule has 0 aromatic heterocycles. The summed E-state index contributed by atoms with van der Waals surface area (Å²) in [5.74, 6) is -1.16. The summed E-state index contributed by atoms with van der Waals surface area (Å²) in [6, 6.07) is 6.17. The number of benzene rings is 1. The Labute approximate surface area is 75.0 Å². The number of anilines is 1. The van der Waals surface area contributed by atoms with Crippen LogP contribution in [0.25, 0.3) is 0 Å². The molecule has 0 aliphatic rings. The van der Waals surface area contributed by atoms with Crippen LogP contribution in [0.5, 0.6) is 0 Å². The molecule has 3 nitrogen and oxygen atoms in total. The minimum atomic E-state index is -1.49. The maximum Gasteiger partial charge on any atom is 0.306 e. The predicted molar refractivity (Wildman–Crippen MR) is 47.0 cm³/mol. The first kappa shape index (κ1) is 9.51. The topological polar surface area (TPSA) is 63.3 Å². The number of aliphatic carboxylic acids is 1. The van der Waals surface area contributed by atoms with Crippen molar-refractivity contribution in [2.24, 2.45) is 0 Å². The largest absolute Gasteiger partial charge is 0.481 e. The zero-order valence-electron chi connectivity index (χ0n) is 6.90. The molecule has 0 saturated heterocycles. The van der Waals surface area contributed by atoms with Gasteiger partial charge in [-0.2, -0.15) is 0 Å². The van der Waals surface area contributed by atoms with Crippen LogP contribution in [0, 0.1) is 0 Å². The Morgan fingerprint density at radius 2 is 2.31 bits per heavy atom. The number of hydrogen-bond donors (Lipinski definition) is 2. The van der Waals surface area contributed by atoms with Crippen LogP contribution >= 0.6 is 0 Å². The van der Waals surface area contributed by atoms with Crippen LogP contribution in [0.2, 0.25) is 0 Å². The molecule has 0 bridgehead atoms. The number of carboxylic acid groups (broad SMARTS) is 1. The molecule has 13 heavy (non-hydrogen) atoms. The minimum absolute atomic E-state index is 0.308. The van der Waals surface area contributed by atoms with Crippen molar-refractivity contribution < 1.29 is 14.3 Å². The van der Waals surface area contributed by atoms with Crippen molar-refractivity contribution in [3.63, 3.8) is 0 Å². The van der Waals surface area contributed by atoms with E-state index in [0.717, 1.165) is 0 Å². The van der Waals surface area contributed by atoms with Gasteiger partial charge in [-0.15, -0.1) is 0 Å². The molecular formula is C9H10FNO2. The number of nitrogen functional groups attached to an aromatic ring is 1. The Bertz CT molecular complexity index is 314. The normalized spacial score (nSPS) is 12.4. The van der Waals surface area contributed by atoms with Crippen LogP contribution in [0.1, 0.15) is 18.2 Å². The van der Waals surface area contributed by atoms with E-state index in [-0.39, 0.29) is 0 Å². The summed E-state index contributed by atoms with van der Waals surface area (Å²) < 4.78 is 13.1. The Hall–Kier alpha value is -1.58. The van der Waals surface area contributed by atoms with Crippen LogP contribution in [0.3, 0.4) is 0 Å². The van der Waals surface area contributed by atoms with Gasteiger partial charge in [-0.3, -0.25) is 4.79 Å². The van der Waals surface area contributed by atoms with Gasteiger partial charge in [0.05, 0.1) is 6.42 Å². The molecule has 70 valence electrons. The van der Waals surface area contributed by atoms with Gasteiger partial charge in [0, 0.05) is 5.69 Å². The van der Waals surface area contributed by atoms with Crippen molar-refractivity contribution in [3.05, 3.63) is 29.8 Å². The highest BCUT2D eigenvalue weighted by Crippen LogP contribution is 2.22. The standard InChI is InChI=1S/C9H10FNO2/c10-8(5-9(12)13)6-2-1-3-7(11)4-6/h1-4,8H,5,11H2,(H,12,13). The van der Waals surface area contributed by atoms with E-state index in [0.29, 0.717) is 11.3 Å². The van der Waals surface area contributed by atoms with E-state index in [1.807, 2.05) is 0 Å². The van der Waals surface area contributed by atoms with Crippen LogP contribution in [-0.2, 0) is 4.79 Å². The molecule has 0 aliphatic heterocycles. The zero-order valence-corrected chi connectivity index (χ0v) is 6.90. The lowest BCUT2D eigenvalue weighted by Gasteiger charge is -2.05. The van der Waals surface area contributed by atoms with Gasteiger partial charge in [-0.05, 0) is 17.7 Å². The number of carboxylic acids is 1. The van der Waals surface area contributed by atoms with Crippen LogP contribution in [-0.4, -0.2) is 11.1 Å². The molecule has 0 amide bonds. The average molecular weight is 183 g/mol. The van der Waals surface area contributed by atoms with Gasteiger partial charge in [0.25, 0.3) is 0 Å². The fourth-order valence-electron chi connectivity index (χ4n) is 1.03. The predicted octanol–water partition coefficient (Wildman–Crippen LogP) is 1.75. The highest BCUT2D eigenvalue weighted by atomic mass is 19.1. The van der Waals surface area contributed by atoms with E-state index in [1.165, 1.54) is 12.1 Å². The third-order valence-electron chi connectivity index (χ3n) is 1.63. The third-order valence-corrected chi connectivity index (χ3v) is 1.63. The van der Waals surface area contributed by atoms with Gasteiger partial charge in [-0.1, -0.05) is 12.1 Å². The molecule has 4 heteroatoms. The molecular weight excluding hydrogens is 173 g/mol. The SMILES string of the molecule is Nc1cccc(C(F)CC(=O)O)c1. The van der Waals surface area contributed by atoms with Gasteiger partial charge in [0.1, 0.15) is 6.17 Å². The number of rotatable bonds is 3. The lowest BCUT2D eigenvalue weighted by molar-refractivity contribution is -0.138. The van der Waals surface area contributed by atoms with Crippen LogP contribution < -0.4 is 5.73 Å².